The van der Waals surface area contributed by atoms with Gasteiger partial charge in [-0.1, -0.05) is 64.8 Å². The van der Waals surface area contributed by atoms with Crippen LogP contribution >= 0.6 is 0 Å². The Morgan fingerprint density at radius 3 is 1.69 bits per heavy atom. The first-order chi connectivity index (χ1) is 13.9. The van der Waals surface area contributed by atoms with Crippen LogP contribution in [0.25, 0.3) is 0 Å². The van der Waals surface area contributed by atoms with E-state index in [1.54, 1.807) is 0 Å². The zero-order chi connectivity index (χ0) is 21.0. The van der Waals surface area contributed by atoms with Crippen LogP contribution in [-0.2, 0) is 0 Å². The van der Waals surface area contributed by atoms with Crippen molar-refractivity contribution in [1.29, 1.82) is 0 Å². The molecule has 0 unspecified atom stereocenters. The number of benzene rings is 3. The van der Waals surface area contributed by atoms with E-state index in [1.807, 2.05) is 71.3 Å². The maximum Gasteiger partial charge on any atom is 0.148 e. The first kappa shape index (κ1) is 20.4. The molecule has 0 saturated heterocycles. The van der Waals surface area contributed by atoms with Gasteiger partial charge in [0.1, 0.15) is 18.9 Å². The number of hydrogen-bond donors (Lipinski definition) is 0. The lowest BCUT2D eigenvalue weighted by Gasteiger charge is -2.07. The minimum Gasteiger partial charge on any atom is -0.205 e. The fourth-order valence-corrected chi connectivity index (χ4v) is 3.18. The van der Waals surface area contributed by atoms with Crippen molar-refractivity contribution in [3.05, 3.63) is 99.1 Å². The predicted molar refractivity (Wildman–Crippen MR) is 117 cm³/mol. The molecule has 3 aromatic carbocycles. The molecule has 3 heteroatoms. The molecular formula is C26H20BF2. The second-order valence-electron chi connectivity index (χ2n) is 6.99. The van der Waals surface area contributed by atoms with Crippen LogP contribution in [-0.4, -0.2) is 7.28 Å². The van der Waals surface area contributed by atoms with Crippen LogP contribution < -0.4 is 5.46 Å². The molecule has 0 aliphatic heterocycles. The van der Waals surface area contributed by atoms with Gasteiger partial charge in [-0.25, -0.2) is 8.78 Å². The van der Waals surface area contributed by atoms with E-state index in [9.17, 15) is 8.78 Å². The highest BCUT2D eigenvalue weighted by atomic mass is 19.1. The molecule has 0 N–H and O–H groups in total. The molecule has 0 bridgehead atoms. The van der Waals surface area contributed by atoms with Crippen LogP contribution in [0.3, 0.4) is 0 Å². The van der Waals surface area contributed by atoms with E-state index < -0.39 is 11.6 Å². The maximum atomic E-state index is 14.5. The fourth-order valence-electron chi connectivity index (χ4n) is 3.18. The maximum absolute atomic E-state index is 14.5. The van der Waals surface area contributed by atoms with Gasteiger partial charge in [-0.3, -0.25) is 0 Å². The molecule has 0 aliphatic rings. The monoisotopic (exact) mass is 381 g/mol. The highest BCUT2D eigenvalue weighted by Crippen LogP contribution is 2.15. The highest BCUT2D eigenvalue weighted by molar-refractivity contribution is 6.53. The van der Waals surface area contributed by atoms with Crippen molar-refractivity contribution in [2.75, 3.05) is 0 Å². The molecule has 0 saturated carbocycles. The number of hydrogen-bond acceptors (Lipinski definition) is 0. The lowest BCUT2D eigenvalue weighted by atomic mass is 9.68. The van der Waals surface area contributed by atoms with E-state index in [4.69, 9.17) is 0 Å². The Hall–Kier alpha value is -3.30. The third-order valence-electron chi connectivity index (χ3n) is 4.66. The summed E-state index contributed by atoms with van der Waals surface area (Å²) >= 11 is 0. The number of rotatable bonds is 1. The van der Waals surface area contributed by atoms with Crippen molar-refractivity contribution in [3.63, 3.8) is 0 Å². The third-order valence-corrected chi connectivity index (χ3v) is 4.66. The van der Waals surface area contributed by atoms with Gasteiger partial charge in [0, 0.05) is 16.7 Å². The first-order valence-electron chi connectivity index (χ1n) is 9.37. The molecule has 29 heavy (non-hydrogen) atoms. The van der Waals surface area contributed by atoms with Crippen LogP contribution in [0.2, 0.25) is 6.82 Å². The quantitative estimate of drug-likeness (QED) is 0.408. The van der Waals surface area contributed by atoms with Crippen LogP contribution in [0.1, 0.15) is 38.9 Å². The number of halogens is 2. The van der Waals surface area contributed by atoms with E-state index in [0.717, 1.165) is 33.3 Å². The Balaban J connectivity index is 1.90. The van der Waals surface area contributed by atoms with Crippen molar-refractivity contribution in [3.8, 4) is 23.7 Å². The fraction of sp³-hybridized carbons (Fsp3) is 0.154. The van der Waals surface area contributed by atoms with Gasteiger partial charge in [-0.2, -0.15) is 0 Å². The summed E-state index contributed by atoms with van der Waals surface area (Å²) in [6.45, 7) is 7.96. The Morgan fingerprint density at radius 2 is 1.14 bits per heavy atom. The molecule has 3 rings (SSSR count). The van der Waals surface area contributed by atoms with Gasteiger partial charge in [0.25, 0.3) is 0 Å². The molecule has 0 spiro atoms. The van der Waals surface area contributed by atoms with Crippen LogP contribution in [0.4, 0.5) is 8.78 Å². The molecule has 141 valence electrons. The summed E-state index contributed by atoms with van der Waals surface area (Å²) in [4.78, 5) is 0. The smallest absolute Gasteiger partial charge is 0.148 e. The van der Waals surface area contributed by atoms with Crippen LogP contribution in [0, 0.1) is 56.1 Å². The van der Waals surface area contributed by atoms with Gasteiger partial charge in [-0.15, -0.1) is 0 Å². The van der Waals surface area contributed by atoms with E-state index >= 15 is 0 Å². The average Bonchev–Trinajstić information content (AvgIpc) is 2.67. The lowest BCUT2D eigenvalue weighted by Crippen LogP contribution is -2.18. The lowest BCUT2D eigenvalue weighted by molar-refractivity contribution is 0.577. The average molecular weight is 381 g/mol. The Labute approximate surface area is 172 Å². The molecule has 1 radical (unpaired) electrons. The molecular weight excluding hydrogens is 361 g/mol. The molecule has 3 aromatic rings. The molecule has 0 aliphatic carbocycles. The van der Waals surface area contributed by atoms with Crippen molar-refractivity contribution < 1.29 is 8.78 Å². The molecule has 0 nitrogen and oxygen atoms in total. The minimum absolute atomic E-state index is 0.243. The molecule has 0 atom stereocenters. The van der Waals surface area contributed by atoms with Gasteiger partial charge < -0.3 is 0 Å². The van der Waals surface area contributed by atoms with E-state index in [2.05, 4.69) is 23.7 Å². The summed E-state index contributed by atoms with van der Waals surface area (Å²) in [6, 6.07) is 13.9. The van der Waals surface area contributed by atoms with Gasteiger partial charge in [0.05, 0.1) is 5.56 Å². The summed E-state index contributed by atoms with van der Waals surface area (Å²) in [7, 11) is 2.04. The van der Waals surface area contributed by atoms with E-state index in [-0.39, 0.29) is 11.1 Å². The highest BCUT2D eigenvalue weighted by Gasteiger charge is 2.09. The zero-order valence-electron chi connectivity index (χ0n) is 17.0. The predicted octanol–water partition coefficient (Wildman–Crippen LogP) is 5.07. The van der Waals surface area contributed by atoms with E-state index in [0.29, 0.717) is 0 Å². The SMILES string of the molecule is C[B]c1c(C)cc(C#Cc2c(F)cc(C#Cc3ccc(C)cc3)cc2F)cc1C. The topological polar surface area (TPSA) is 0 Å². The summed E-state index contributed by atoms with van der Waals surface area (Å²) in [6.07, 6.45) is 0. The molecule has 0 fully saturated rings. The normalized spacial score (nSPS) is 9.86. The van der Waals surface area contributed by atoms with Gasteiger partial charge in [-0.05, 0) is 57.2 Å². The standard InChI is InChI=1S/C26H20BF2/c1-17-5-7-20(8-6-17)9-10-22-15-24(28)23(25(29)16-22)12-11-21-13-18(2)26(27-4)19(3)14-21/h5-8,13-16H,1-4H3. The summed E-state index contributed by atoms with van der Waals surface area (Å²) in [5.74, 6) is 9.83. The van der Waals surface area contributed by atoms with Crippen molar-refractivity contribution >= 4 is 12.7 Å². The van der Waals surface area contributed by atoms with Gasteiger partial charge >= 0.3 is 0 Å². The van der Waals surface area contributed by atoms with Crippen molar-refractivity contribution in [2.24, 2.45) is 0 Å². The molecule has 0 amide bonds. The Kier molecular flexibility index (Phi) is 6.21. The summed E-state index contributed by atoms with van der Waals surface area (Å²) in [5, 5.41) is 0. The Morgan fingerprint density at radius 1 is 0.655 bits per heavy atom. The van der Waals surface area contributed by atoms with Gasteiger partial charge in [0.15, 0.2) is 0 Å². The molecule has 0 aromatic heterocycles. The molecule has 0 heterocycles. The first-order valence-corrected chi connectivity index (χ1v) is 9.37. The van der Waals surface area contributed by atoms with Crippen molar-refractivity contribution in [1.82, 2.24) is 0 Å². The second-order valence-corrected chi connectivity index (χ2v) is 6.99. The number of aryl methyl sites for hydroxylation is 3. The Bertz CT molecular complexity index is 1140. The second kappa shape index (κ2) is 8.81. The summed E-state index contributed by atoms with van der Waals surface area (Å²) in [5.41, 5.74) is 6.01. The van der Waals surface area contributed by atoms with Crippen molar-refractivity contribution in [2.45, 2.75) is 27.6 Å². The zero-order valence-corrected chi connectivity index (χ0v) is 17.0. The third kappa shape index (κ3) is 4.95. The van der Waals surface area contributed by atoms with Gasteiger partial charge in [0.2, 0.25) is 0 Å². The van der Waals surface area contributed by atoms with E-state index in [1.165, 1.54) is 12.1 Å². The van der Waals surface area contributed by atoms with Crippen LogP contribution in [0.5, 0.6) is 0 Å². The largest absolute Gasteiger partial charge is 0.205 e. The van der Waals surface area contributed by atoms with Crippen LogP contribution in [0.15, 0.2) is 48.5 Å². The minimum atomic E-state index is -0.710. The summed E-state index contributed by atoms with van der Waals surface area (Å²) < 4.78 is 28.9.